The Hall–Kier alpha value is -2.40. The van der Waals surface area contributed by atoms with Crippen LogP contribution in [0.25, 0.3) is 0 Å². The van der Waals surface area contributed by atoms with Crippen molar-refractivity contribution in [1.29, 1.82) is 0 Å². The van der Waals surface area contributed by atoms with Gasteiger partial charge in [0.05, 0.1) is 28.5 Å². The van der Waals surface area contributed by atoms with Gasteiger partial charge in [-0.25, -0.2) is 4.98 Å². The standard InChI is InChI=1S/C19H21ClN4O/c1-3-16-6-4-5-9-24(16)19(25)14-10-17(20)18(22-11-14)23-15-8-7-13(2)21-12-15/h3,7-8,10-12,16H,1,4-6,9H2,2H3,(H,22,23). The number of halogens is 1. The van der Waals surface area contributed by atoms with E-state index in [2.05, 4.69) is 21.9 Å². The van der Waals surface area contributed by atoms with Crippen molar-refractivity contribution in [3.05, 3.63) is 59.5 Å². The molecule has 1 amide bonds. The Kier molecular flexibility index (Phi) is 5.34. The lowest BCUT2D eigenvalue weighted by atomic mass is 10.0. The first-order valence-electron chi connectivity index (χ1n) is 8.37. The number of aromatic nitrogens is 2. The van der Waals surface area contributed by atoms with Crippen molar-refractivity contribution >= 4 is 29.0 Å². The number of nitrogens with one attached hydrogen (secondary N) is 1. The van der Waals surface area contributed by atoms with E-state index in [4.69, 9.17) is 11.6 Å². The molecule has 2 aromatic heterocycles. The van der Waals surface area contributed by atoms with Crippen LogP contribution in [0.2, 0.25) is 5.02 Å². The fourth-order valence-electron chi connectivity index (χ4n) is 2.95. The topological polar surface area (TPSA) is 58.1 Å². The number of hydrogen-bond acceptors (Lipinski definition) is 4. The third-order valence-corrected chi connectivity index (χ3v) is 4.63. The molecule has 0 aliphatic carbocycles. The van der Waals surface area contributed by atoms with Crippen molar-refractivity contribution in [2.75, 3.05) is 11.9 Å². The van der Waals surface area contributed by atoms with Crippen LogP contribution in [-0.4, -0.2) is 33.4 Å². The van der Waals surface area contributed by atoms with Crippen LogP contribution in [0.5, 0.6) is 0 Å². The number of aryl methyl sites for hydroxylation is 1. The van der Waals surface area contributed by atoms with Crippen LogP contribution in [-0.2, 0) is 0 Å². The van der Waals surface area contributed by atoms with Crippen LogP contribution in [0.4, 0.5) is 11.5 Å². The highest BCUT2D eigenvalue weighted by Crippen LogP contribution is 2.26. The second-order valence-corrected chi connectivity index (χ2v) is 6.57. The summed E-state index contributed by atoms with van der Waals surface area (Å²) in [5, 5.41) is 3.52. The van der Waals surface area contributed by atoms with Crippen LogP contribution in [0, 0.1) is 6.92 Å². The van der Waals surface area contributed by atoms with Gasteiger partial charge in [-0.2, -0.15) is 0 Å². The average molecular weight is 357 g/mol. The van der Waals surface area contributed by atoms with E-state index < -0.39 is 0 Å². The number of carbonyl (C=O) groups excluding carboxylic acids is 1. The maximum absolute atomic E-state index is 12.8. The van der Waals surface area contributed by atoms with Gasteiger partial charge in [0.2, 0.25) is 0 Å². The summed E-state index contributed by atoms with van der Waals surface area (Å²) in [6.07, 6.45) is 8.20. The fourth-order valence-corrected chi connectivity index (χ4v) is 3.16. The summed E-state index contributed by atoms with van der Waals surface area (Å²) in [5.74, 6) is 0.449. The Morgan fingerprint density at radius 3 is 2.88 bits per heavy atom. The molecule has 130 valence electrons. The molecule has 25 heavy (non-hydrogen) atoms. The number of nitrogens with zero attached hydrogens (tertiary/aromatic N) is 3. The van der Waals surface area contributed by atoms with E-state index in [1.165, 1.54) is 0 Å². The van der Waals surface area contributed by atoms with Crippen LogP contribution < -0.4 is 5.32 Å². The predicted octanol–water partition coefficient (Wildman–Crippen LogP) is 4.36. The summed E-state index contributed by atoms with van der Waals surface area (Å²) >= 11 is 6.33. The lowest BCUT2D eigenvalue weighted by Gasteiger charge is -2.33. The summed E-state index contributed by atoms with van der Waals surface area (Å²) in [6, 6.07) is 5.55. The third kappa shape index (κ3) is 3.99. The van der Waals surface area contributed by atoms with Crippen LogP contribution >= 0.6 is 11.6 Å². The number of likely N-dealkylation sites (tertiary alicyclic amines) is 1. The molecule has 6 heteroatoms. The molecule has 1 unspecified atom stereocenters. The summed E-state index contributed by atoms with van der Waals surface area (Å²) in [5.41, 5.74) is 2.22. The van der Waals surface area contributed by atoms with E-state index in [-0.39, 0.29) is 11.9 Å². The first-order valence-corrected chi connectivity index (χ1v) is 8.75. The number of hydrogen-bond donors (Lipinski definition) is 1. The maximum Gasteiger partial charge on any atom is 0.255 e. The Bertz CT molecular complexity index is 775. The van der Waals surface area contributed by atoms with Gasteiger partial charge >= 0.3 is 0 Å². The third-order valence-electron chi connectivity index (χ3n) is 4.34. The summed E-state index contributed by atoms with van der Waals surface area (Å²) in [6.45, 7) is 6.51. The molecule has 1 aliphatic rings. The van der Waals surface area contributed by atoms with Gasteiger partial charge in [0.25, 0.3) is 5.91 Å². The van der Waals surface area contributed by atoms with Gasteiger partial charge in [0, 0.05) is 18.4 Å². The lowest BCUT2D eigenvalue weighted by molar-refractivity contribution is 0.0664. The van der Waals surface area contributed by atoms with Gasteiger partial charge in [-0.05, 0) is 44.4 Å². The lowest BCUT2D eigenvalue weighted by Crippen LogP contribution is -2.42. The second-order valence-electron chi connectivity index (χ2n) is 6.17. The van der Waals surface area contributed by atoms with Crippen molar-refractivity contribution in [1.82, 2.24) is 14.9 Å². The molecule has 1 saturated heterocycles. The van der Waals surface area contributed by atoms with Crippen molar-refractivity contribution < 1.29 is 4.79 Å². The molecule has 1 fully saturated rings. The molecule has 1 aliphatic heterocycles. The summed E-state index contributed by atoms with van der Waals surface area (Å²) in [4.78, 5) is 23.2. The molecule has 3 rings (SSSR count). The SMILES string of the molecule is C=CC1CCCCN1C(=O)c1cnc(Nc2ccc(C)nc2)c(Cl)c1. The monoisotopic (exact) mass is 356 g/mol. The maximum atomic E-state index is 12.8. The van der Waals surface area contributed by atoms with Gasteiger partial charge in [-0.1, -0.05) is 17.7 Å². The number of carbonyl (C=O) groups is 1. The number of piperidine rings is 1. The van der Waals surface area contributed by atoms with Gasteiger partial charge in [0.15, 0.2) is 0 Å². The predicted molar refractivity (Wildman–Crippen MR) is 100 cm³/mol. The van der Waals surface area contributed by atoms with Crippen molar-refractivity contribution in [2.45, 2.75) is 32.2 Å². The minimum atomic E-state index is -0.0532. The largest absolute Gasteiger partial charge is 0.338 e. The molecule has 0 aromatic carbocycles. The van der Waals surface area contributed by atoms with Gasteiger partial charge in [0.1, 0.15) is 5.82 Å². The molecule has 1 atom stereocenters. The summed E-state index contributed by atoms with van der Waals surface area (Å²) in [7, 11) is 0. The van der Waals surface area contributed by atoms with E-state index >= 15 is 0 Å². The van der Waals surface area contributed by atoms with Crippen molar-refractivity contribution in [3.8, 4) is 0 Å². The Morgan fingerprint density at radius 1 is 1.36 bits per heavy atom. The van der Waals surface area contributed by atoms with Crippen LogP contribution in [0.1, 0.15) is 35.3 Å². The van der Waals surface area contributed by atoms with E-state index in [1.807, 2.05) is 30.0 Å². The fraction of sp³-hybridized carbons (Fsp3) is 0.316. The summed E-state index contributed by atoms with van der Waals surface area (Å²) < 4.78 is 0. The number of amides is 1. The smallest absolute Gasteiger partial charge is 0.255 e. The molecule has 1 N–H and O–H groups in total. The molecular formula is C19H21ClN4O. The van der Waals surface area contributed by atoms with Crippen LogP contribution in [0.15, 0.2) is 43.2 Å². The second kappa shape index (κ2) is 7.66. The highest BCUT2D eigenvalue weighted by molar-refractivity contribution is 6.33. The highest BCUT2D eigenvalue weighted by atomic mass is 35.5. The van der Waals surface area contributed by atoms with Gasteiger partial charge in [-0.15, -0.1) is 6.58 Å². The first kappa shape index (κ1) is 17.4. The molecular weight excluding hydrogens is 336 g/mol. The zero-order valence-corrected chi connectivity index (χ0v) is 15.0. The first-order chi connectivity index (χ1) is 12.1. The van der Waals surface area contributed by atoms with E-state index in [0.717, 1.165) is 37.2 Å². The normalized spacial score (nSPS) is 17.2. The van der Waals surface area contributed by atoms with E-state index in [9.17, 15) is 4.79 Å². The average Bonchev–Trinajstić information content (AvgIpc) is 2.64. The molecule has 0 saturated carbocycles. The van der Waals surface area contributed by atoms with E-state index in [0.29, 0.717) is 16.4 Å². The number of pyridine rings is 2. The molecule has 0 bridgehead atoms. The van der Waals surface area contributed by atoms with E-state index in [1.54, 1.807) is 18.5 Å². The molecule has 0 spiro atoms. The number of anilines is 2. The quantitative estimate of drug-likeness (QED) is 0.827. The zero-order valence-electron chi connectivity index (χ0n) is 14.2. The van der Waals surface area contributed by atoms with Gasteiger partial charge < -0.3 is 10.2 Å². The zero-order chi connectivity index (χ0) is 17.8. The highest BCUT2D eigenvalue weighted by Gasteiger charge is 2.26. The molecule has 0 radical (unpaired) electrons. The Balaban J connectivity index is 1.77. The van der Waals surface area contributed by atoms with Crippen LogP contribution in [0.3, 0.4) is 0 Å². The number of rotatable bonds is 4. The molecule has 5 nitrogen and oxygen atoms in total. The molecule has 2 aromatic rings. The Morgan fingerprint density at radius 2 is 2.20 bits per heavy atom. The Labute approximate surface area is 152 Å². The minimum absolute atomic E-state index is 0.0532. The van der Waals surface area contributed by atoms with Crippen molar-refractivity contribution in [2.24, 2.45) is 0 Å². The molecule has 3 heterocycles. The van der Waals surface area contributed by atoms with Gasteiger partial charge in [-0.3, -0.25) is 9.78 Å². The van der Waals surface area contributed by atoms with Crippen molar-refractivity contribution in [3.63, 3.8) is 0 Å². The minimum Gasteiger partial charge on any atom is -0.338 e.